The molecule has 1 heterocycles. The fourth-order valence-corrected chi connectivity index (χ4v) is 3.47. The van der Waals surface area contributed by atoms with Gasteiger partial charge in [0.15, 0.2) is 0 Å². The minimum Gasteiger partial charge on any atom is -0.326 e. The molecule has 1 atom stereocenters. The Labute approximate surface area is 135 Å². The third kappa shape index (κ3) is 2.83. The summed E-state index contributed by atoms with van der Waals surface area (Å²) in [7, 11) is 0. The van der Waals surface area contributed by atoms with Gasteiger partial charge in [-0.2, -0.15) is 0 Å². The van der Waals surface area contributed by atoms with Gasteiger partial charge in [-0.25, -0.2) is 4.39 Å². The highest BCUT2D eigenvalue weighted by molar-refractivity contribution is 9.10. The van der Waals surface area contributed by atoms with Crippen molar-refractivity contribution in [2.75, 3.05) is 5.32 Å². The SMILES string of the molecule is O=C1CCc2cc(C(Cl)c3ccccc3Br)c(F)cc2N1. The van der Waals surface area contributed by atoms with Crippen molar-refractivity contribution < 1.29 is 9.18 Å². The fourth-order valence-electron chi connectivity index (χ4n) is 2.46. The van der Waals surface area contributed by atoms with Gasteiger partial charge in [-0.3, -0.25) is 4.79 Å². The predicted octanol–water partition coefficient (Wildman–Crippen LogP) is 4.80. The van der Waals surface area contributed by atoms with E-state index >= 15 is 0 Å². The Balaban J connectivity index is 2.03. The Bertz CT molecular complexity index is 719. The number of fused-ring (bicyclic) bond motifs is 1. The second kappa shape index (κ2) is 5.78. The average molecular weight is 369 g/mol. The predicted molar refractivity (Wildman–Crippen MR) is 85.2 cm³/mol. The lowest BCUT2D eigenvalue weighted by atomic mass is 9.96. The normalized spacial score (nSPS) is 15.3. The lowest BCUT2D eigenvalue weighted by molar-refractivity contribution is -0.116. The van der Waals surface area contributed by atoms with E-state index in [2.05, 4.69) is 21.2 Å². The molecule has 0 saturated carbocycles. The van der Waals surface area contributed by atoms with Gasteiger partial charge >= 0.3 is 0 Å². The summed E-state index contributed by atoms with van der Waals surface area (Å²) < 4.78 is 15.2. The Morgan fingerprint density at radius 1 is 1.19 bits per heavy atom. The first kappa shape index (κ1) is 14.5. The molecule has 1 unspecified atom stereocenters. The van der Waals surface area contributed by atoms with Crippen LogP contribution < -0.4 is 5.32 Å². The zero-order valence-electron chi connectivity index (χ0n) is 11.0. The topological polar surface area (TPSA) is 29.1 Å². The number of anilines is 1. The maximum Gasteiger partial charge on any atom is 0.224 e. The Morgan fingerprint density at radius 2 is 1.95 bits per heavy atom. The van der Waals surface area contributed by atoms with Crippen LogP contribution in [0.4, 0.5) is 10.1 Å². The van der Waals surface area contributed by atoms with E-state index in [0.29, 0.717) is 24.1 Å². The molecule has 0 saturated heterocycles. The summed E-state index contributed by atoms with van der Waals surface area (Å²) in [6.45, 7) is 0. The molecule has 1 amide bonds. The summed E-state index contributed by atoms with van der Waals surface area (Å²) in [6, 6.07) is 10.6. The van der Waals surface area contributed by atoms with Crippen molar-refractivity contribution in [3.05, 3.63) is 63.4 Å². The highest BCUT2D eigenvalue weighted by Crippen LogP contribution is 2.37. The van der Waals surface area contributed by atoms with Gasteiger partial charge < -0.3 is 5.32 Å². The van der Waals surface area contributed by atoms with Crippen LogP contribution >= 0.6 is 27.5 Å². The summed E-state index contributed by atoms with van der Waals surface area (Å²) in [4.78, 5) is 11.4. The number of carbonyl (C=O) groups is 1. The maximum atomic E-state index is 14.3. The first-order valence-electron chi connectivity index (χ1n) is 6.57. The highest BCUT2D eigenvalue weighted by Gasteiger charge is 2.22. The zero-order valence-corrected chi connectivity index (χ0v) is 13.3. The average Bonchev–Trinajstić information content (AvgIpc) is 2.46. The maximum absolute atomic E-state index is 14.3. The van der Waals surface area contributed by atoms with Gasteiger partial charge in [-0.15, -0.1) is 11.6 Å². The second-order valence-electron chi connectivity index (χ2n) is 4.96. The molecule has 0 spiro atoms. The number of halogens is 3. The molecular formula is C16H12BrClFNO. The van der Waals surface area contributed by atoms with Gasteiger partial charge in [0.25, 0.3) is 0 Å². The summed E-state index contributed by atoms with van der Waals surface area (Å²) in [5.74, 6) is -0.491. The van der Waals surface area contributed by atoms with E-state index in [0.717, 1.165) is 15.6 Å². The van der Waals surface area contributed by atoms with Gasteiger partial charge in [0, 0.05) is 22.1 Å². The number of alkyl halides is 1. The zero-order chi connectivity index (χ0) is 15.0. The monoisotopic (exact) mass is 367 g/mol. The van der Waals surface area contributed by atoms with Crippen LogP contribution in [0.1, 0.15) is 28.5 Å². The molecule has 21 heavy (non-hydrogen) atoms. The largest absolute Gasteiger partial charge is 0.326 e. The number of hydrogen-bond acceptors (Lipinski definition) is 1. The summed E-state index contributed by atoms with van der Waals surface area (Å²) in [6.07, 6.45) is 1.02. The van der Waals surface area contributed by atoms with E-state index in [1.807, 2.05) is 24.3 Å². The van der Waals surface area contributed by atoms with Crippen LogP contribution in [0.25, 0.3) is 0 Å². The second-order valence-corrected chi connectivity index (χ2v) is 6.25. The van der Waals surface area contributed by atoms with Gasteiger partial charge in [0.1, 0.15) is 5.82 Å². The molecule has 1 aliphatic rings. The fraction of sp³-hybridized carbons (Fsp3) is 0.188. The first-order valence-corrected chi connectivity index (χ1v) is 7.80. The molecule has 2 nitrogen and oxygen atoms in total. The van der Waals surface area contributed by atoms with Gasteiger partial charge in [0.2, 0.25) is 5.91 Å². The Kier molecular flexibility index (Phi) is 4.00. The van der Waals surface area contributed by atoms with Crippen molar-refractivity contribution >= 4 is 39.1 Å². The standard InChI is InChI=1S/C16H12BrClFNO/c17-12-4-2-1-3-10(12)16(18)11-7-9-5-6-15(21)20-14(9)8-13(11)19/h1-4,7-8,16H,5-6H2,(H,20,21). The number of benzene rings is 2. The third-order valence-corrected chi connectivity index (χ3v) is 4.76. The van der Waals surface area contributed by atoms with Crippen LogP contribution in [0.15, 0.2) is 40.9 Å². The van der Waals surface area contributed by atoms with Crippen molar-refractivity contribution in [2.24, 2.45) is 0 Å². The van der Waals surface area contributed by atoms with E-state index in [4.69, 9.17) is 11.6 Å². The van der Waals surface area contributed by atoms with E-state index in [-0.39, 0.29) is 5.91 Å². The van der Waals surface area contributed by atoms with E-state index in [1.165, 1.54) is 6.07 Å². The lowest BCUT2D eigenvalue weighted by Crippen LogP contribution is -2.19. The van der Waals surface area contributed by atoms with Crippen molar-refractivity contribution in [3.63, 3.8) is 0 Å². The highest BCUT2D eigenvalue weighted by atomic mass is 79.9. The molecule has 1 N–H and O–H groups in total. The molecule has 1 aliphatic heterocycles. The Morgan fingerprint density at radius 3 is 2.71 bits per heavy atom. The number of nitrogens with one attached hydrogen (secondary N) is 1. The van der Waals surface area contributed by atoms with E-state index in [9.17, 15) is 9.18 Å². The Hall–Kier alpha value is -1.39. The molecule has 3 rings (SSSR count). The number of rotatable bonds is 2. The van der Waals surface area contributed by atoms with E-state index in [1.54, 1.807) is 6.07 Å². The smallest absolute Gasteiger partial charge is 0.224 e. The molecular weight excluding hydrogens is 357 g/mol. The molecule has 0 fully saturated rings. The molecule has 2 aromatic rings. The molecule has 0 radical (unpaired) electrons. The van der Waals surface area contributed by atoms with Crippen LogP contribution in [0.2, 0.25) is 0 Å². The molecule has 0 bridgehead atoms. The number of hydrogen-bond donors (Lipinski definition) is 1. The van der Waals surface area contributed by atoms with E-state index < -0.39 is 11.2 Å². The number of amides is 1. The van der Waals surface area contributed by atoms with Crippen LogP contribution in [-0.4, -0.2) is 5.91 Å². The minimum absolute atomic E-state index is 0.0807. The molecule has 5 heteroatoms. The van der Waals surface area contributed by atoms with Crippen LogP contribution in [0, 0.1) is 5.82 Å². The van der Waals surface area contributed by atoms with Crippen molar-refractivity contribution in [3.8, 4) is 0 Å². The summed E-state index contributed by atoms with van der Waals surface area (Å²) in [5.41, 5.74) is 2.71. The molecule has 2 aromatic carbocycles. The first-order chi connectivity index (χ1) is 10.1. The van der Waals surface area contributed by atoms with Gasteiger partial charge in [0.05, 0.1) is 5.38 Å². The lowest BCUT2D eigenvalue weighted by Gasteiger charge is -2.20. The van der Waals surface area contributed by atoms with Crippen LogP contribution in [-0.2, 0) is 11.2 Å². The van der Waals surface area contributed by atoms with Gasteiger partial charge in [-0.1, -0.05) is 34.1 Å². The van der Waals surface area contributed by atoms with Gasteiger partial charge in [-0.05, 0) is 35.7 Å². The van der Waals surface area contributed by atoms with Crippen molar-refractivity contribution in [1.29, 1.82) is 0 Å². The van der Waals surface area contributed by atoms with Crippen molar-refractivity contribution in [2.45, 2.75) is 18.2 Å². The molecule has 0 aromatic heterocycles. The summed E-state index contributed by atoms with van der Waals surface area (Å²) >= 11 is 9.89. The van der Waals surface area contributed by atoms with Crippen LogP contribution in [0.5, 0.6) is 0 Å². The van der Waals surface area contributed by atoms with Crippen LogP contribution in [0.3, 0.4) is 0 Å². The van der Waals surface area contributed by atoms with Crippen molar-refractivity contribution in [1.82, 2.24) is 0 Å². The molecule has 108 valence electrons. The quantitative estimate of drug-likeness (QED) is 0.758. The number of carbonyl (C=O) groups excluding carboxylic acids is 1. The minimum atomic E-state index is -0.580. The summed E-state index contributed by atoms with van der Waals surface area (Å²) in [5, 5.41) is 2.11. The third-order valence-electron chi connectivity index (χ3n) is 3.57. The number of aryl methyl sites for hydroxylation is 1. The molecule has 0 aliphatic carbocycles.